The van der Waals surface area contributed by atoms with Gasteiger partial charge in [-0.3, -0.25) is 19.7 Å². The van der Waals surface area contributed by atoms with Gasteiger partial charge < -0.3 is 15.0 Å². The third-order valence-corrected chi connectivity index (χ3v) is 5.21. The number of nitrogens with zero attached hydrogens (tertiary/aromatic N) is 2. The lowest BCUT2D eigenvalue weighted by Crippen LogP contribution is -2.28. The van der Waals surface area contributed by atoms with Crippen LogP contribution in [0.2, 0.25) is 0 Å². The summed E-state index contributed by atoms with van der Waals surface area (Å²) in [5.74, 6) is -0.813. The van der Waals surface area contributed by atoms with Gasteiger partial charge in [0.05, 0.1) is 29.7 Å². The molecule has 0 radical (unpaired) electrons. The second-order valence-corrected chi connectivity index (χ2v) is 7.03. The maximum atomic E-state index is 12.9. The van der Waals surface area contributed by atoms with E-state index in [1.54, 1.807) is 0 Å². The van der Waals surface area contributed by atoms with Crippen molar-refractivity contribution in [3.8, 4) is 5.75 Å². The zero-order chi connectivity index (χ0) is 21.3. The topological polar surface area (TPSA) is 102 Å². The van der Waals surface area contributed by atoms with E-state index in [2.05, 4.69) is 5.32 Å². The van der Waals surface area contributed by atoms with Gasteiger partial charge in [-0.1, -0.05) is 36.4 Å². The lowest BCUT2D eigenvalue weighted by molar-refractivity contribution is -0.384. The van der Waals surface area contributed by atoms with Gasteiger partial charge in [-0.2, -0.15) is 0 Å². The molecule has 0 saturated carbocycles. The van der Waals surface area contributed by atoms with E-state index in [0.717, 1.165) is 10.8 Å². The van der Waals surface area contributed by atoms with Crippen molar-refractivity contribution in [1.82, 2.24) is 0 Å². The first-order valence-corrected chi connectivity index (χ1v) is 9.39. The number of non-ortho nitro benzene ring substituents is 1. The third-order valence-electron chi connectivity index (χ3n) is 5.21. The van der Waals surface area contributed by atoms with Gasteiger partial charge in [-0.05, 0) is 17.5 Å². The SMILES string of the molecule is COc1cc([N+](=O)[O-])ccc1N1C[C@@H](C(=O)Nc2cccc3ccccc23)CC1=O. The summed E-state index contributed by atoms with van der Waals surface area (Å²) in [6, 6.07) is 17.4. The molecule has 3 aromatic rings. The summed E-state index contributed by atoms with van der Waals surface area (Å²) in [4.78, 5) is 37.4. The fourth-order valence-electron chi connectivity index (χ4n) is 3.69. The Morgan fingerprint density at radius 3 is 2.70 bits per heavy atom. The largest absolute Gasteiger partial charge is 0.494 e. The van der Waals surface area contributed by atoms with E-state index in [0.29, 0.717) is 11.4 Å². The molecule has 1 saturated heterocycles. The average molecular weight is 405 g/mol. The fraction of sp³-hybridized carbons (Fsp3) is 0.182. The van der Waals surface area contributed by atoms with E-state index >= 15 is 0 Å². The fourth-order valence-corrected chi connectivity index (χ4v) is 3.69. The van der Waals surface area contributed by atoms with Gasteiger partial charge in [0.15, 0.2) is 0 Å². The van der Waals surface area contributed by atoms with Crippen molar-refractivity contribution in [1.29, 1.82) is 0 Å². The number of hydrogen-bond donors (Lipinski definition) is 1. The van der Waals surface area contributed by atoms with Crippen LogP contribution in [0.5, 0.6) is 5.75 Å². The van der Waals surface area contributed by atoms with Crippen LogP contribution in [-0.2, 0) is 9.59 Å². The van der Waals surface area contributed by atoms with Crippen molar-refractivity contribution in [2.24, 2.45) is 5.92 Å². The Morgan fingerprint density at radius 1 is 1.17 bits per heavy atom. The molecule has 3 aromatic carbocycles. The minimum atomic E-state index is -0.545. The second-order valence-electron chi connectivity index (χ2n) is 7.03. The second kappa shape index (κ2) is 7.82. The predicted molar refractivity (Wildman–Crippen MR) is 113 cm³/mol. The normalized spacial score (nSPS) is 16.0. The van der Waals surface area contributed by atoms with Gasteiger partial charge in [-0.15, -0.1) is 0 Å². The Kier molecular flexibility index (Phi) is 5.05. The molecule has 30 heavy (non-hydrogen) atoms. The van der Waals surface area contributed by atoms with E-state index < -0.39 is 10.8 Å². The van der Waals surface area contributed by atoms with E-state index in [1.807, 2.05) is 42.5 Å². The van der Waals surface area contributed by atoms with E-state index in [1.165, 1.54) is 30.2 Å². The van der Waals surface area contributed by atoms with Crippen LogP contribution in [0.4, 0.5) is 17.1 Å². The molecule has 152 valence electrons. The molecule has 8 heteroatoms. The first kappa shape index (κ1) is 19.4. The van der Waals surface area contributed by atoms with Crippen molar-refractivity contribution < 1.29 is 19.2 Å². The number of ether oxygens (including phenoxy) is 1. The van der Waals surface area contributed by atoms with Crippen LogP contribution >= 0.6 is 0 Å². The van der Waals surface area contributed by atoms with Crippen molar-refractivity contribution >= 4 is 39.6 Å². The van der Waals surface area contributed by atoms with Crippen LogP contribution in [0, 0.1) is 16.0 Å². The smallest absolute Gasteiger partial charge is 0.273 e. The van der Waals surface area contributed by atoms with Crippen molar-refractivity contribution in [2.45, 2.75) is 6.42 Å². The van der Waals surface area contributed by atoms with Gasteiger partial charge in [0, 0.05) is 30.1 Å². The number of carbonyl (C=O) groups excluding carboxylic acids is 2. The first-order valence-electron chi connectivity index (χ1n) is 9.39. The van der Waals surface area contributed by atoms with Crippen molar-refractivity contribution in [3.63, 3.8) is 0 Å². The molecular formula is C22H19N3O5. The van der Waals surface area contributed by atoms with Crippen LogP contribution in [0.1, 0.15) is 6.42 Å². The van der Waals surface area contributed by atoms with Gasteiger partial charge in [-0.25, -0.2) is 0 Å². The number of anilines is 2. The summed E-state index contributed by atoms with van der Waals surface area (Å²) in [7, 11) is 1.38. The number of benzene rings is 3. The molecule has 0 aliphatic carbocycles. The molecule has 0 bridgehead atoms. The Bertz CT molecular complexity index is 1160. The number of carbonyl (C=O) groups is 2. The molecule has 4 rings (SSSR count). The molecule has 1 atom stereocenters. The van der Waals surface area contributed by atoms with Crippen LogP contribution in [-0.4, -0.2) is 30.4 Å². The third kappa shape index (κ3) is 3.55. The summed E-state index contributed by atoms with van der Waals surface area (Å²) in [6.07, 6.45) is 0.0523. The molecule has 2 amide bonds. The Hall–Kier alpha value is -3.94. The highest BCUT2D eigenvalue weighted by molar-refractivity contribution is 6.07. The minimum Gasteiger partial charge on any atom is -0.494 e. The lowest BCUT2D eigenvalue weighted by Gasteiger charge is -2.19. The van der Waals surface area contributed by atoms with Gasteiger partial charge in [0.1, 0.15) is 5.75 Å². The molecule has 0 unspecified atom stereocenters. The lowest BCUT2D eigenvalue weighted by atomic mass is 10.1. The molecule has 0 spiro atoms. The molecule has 1 heterocycles. The number of fused-ring (bicyclic) bond motifs is 1. The monoisotopic (exact) mass is 405 g/mol. The number of rotatable bonds is 5. The Labute approximate surface area is 172 Å². The summed E-state index contributed by atoms with van der Waals surface area (Å²) >= 11 is 0. The molecule has 8 nitrogen and oxygen atoms in total. The number of nitro benzene ring substituents is 1. The number of nitrogens with one attached hydrogen (secondary N) is 1. The van der Waals surface area contributed by atoms with Crippen molar-refractivity contribution in [2.75, 3.05) is 23.9 Å². The number of amides is 2. The maximum Gasteiger partial charge on any atom is 0.273 e. The number of methoxy groups -OCH3 is 1. The summed E-state index contributed by atoms with van der Waals surface area (Å²) in [6.45, 7) is 0.170. The predicted octanol–water partition coefficient (Wildman–Crippen LogP) is 3.75. The van der Waals surface area contributed by atoms with E-state index in [-0.39, 0.29) is 36.2 Å². The first-order chi connectivity index (χ1) is 14.5. The minimum absolute atomic E-state index is 0.0523. The zero-order valence-corrected chi connectivity index (χ0v) is 16.2. The molecular weight excluding hydrogens is 386 g/mol. The van der Waals surface area contributed by atoms with E-state index in [4.69, 9.17) is 4.74 Å². The molecule has 1 N–H and O–H groups in total. The van der Waals surface area contributed by atoms with Gasteiger partial charge in [0.25, 0.3) is 5.69 Å². The zero-order valence-electron chi connectivity index (χ0n) is 16.2. The summed E-state index contributed by atoms with van der Waals surface area (Å²) in [5.41, 5.74) is 0.970. The molecule has 0 aromatic heterocycles. The quantitative estimate of drug-likeness (QED) is 0.515. The Balaban J connectivity index is 1.55. The number of hydrogen-bond acceptors (Lipinski definition) is 5. The maximum absolute atomic E-state index is 12.9. The van der Waals surface area contributed by atoms with Gasteiger partial charge in [0.2, 0.25) is 11.8 Å². The molecule has 1 aliphatic rings. The van der Waals surface area contributed by atoms with Crippen LogP contribution in [0.3, 0.4) is 0 Å². The van der Waals surface area contributed by atoms with Gasteiger partial charge >= 0.3 is 0 Å². The van der Waals surface area contributed by atoms with Crippen molar-refractivity contribution in [3.05, 3.63) is 70.8 Å². The Morgan fingerprint density at radius 2 is 1.93 bits per heavy atom. The molecule has 1 aliphatic heterocycles. The highest BCUT2D eigenvalue weighted by Crippen LogP contribution is 2.36. The highest BCUT2D eigenvalue weighted by Gasteiger charge is 2.36. The average Bonchev–Trinajstić information content (AvgIpc) is 3.15. The van der Waals surface area contributed by atoms with E-state index in [9.17, 15) is 19.7 Å². The highest BCUT2D eigenvalue weighted by atomic mass is 16.6. The molecule has 1 fully saturated rings. The standard InChI is InChI=1S/C22H19N3O5/c1-30-20-12-16(25(28)29)9-10-19(20)24-13-15(11-21(24)26)22(27)23-18-8-4-6-14-5-2-3-7-17(14)18/h2-10,12,15H,11,13H2,1H3,(H,23,27)/t15-/m0/s1. The summed E-state index contributed by atoms with van der Waals surface area (Å²) < 4.78 is 5.24. The number of nitro groups is 1. The van der Waals surface area contributed by atoms with Crippen LogP contribution in [0.25, 0.3) is 10.8 Å². The van der Waals surface area contributed by atoms with Crippen LogP contribution in [0.15, 0.2) is 60.7 Å². The summed E-state index contributed by atoms with van der Waals surface area (Å²) in [5, 5.41) is 15.9. The van der Waals surface area contributed by atoms with Crippen LogP contribution < -0.4 is 15.0 Å².